The number of amides is 1. The van der Waals surface area contributed by atoms with Crippen molar-refractivity contribution in [1.29, 1.82) is 0 Å². The van der Waals surface area contributed by atoms with Gasteiger partial charge in [-0.2, -0.15) is 10.6 Å². The van der Waals surface area contributed by atoms with Crippen LogP contribution in [0.1, 0.15) is 61.1 Å². The molecule has 0 saturated carbocycles. The minimum atomic E-state index is -2.55. The first kappa shape index (κ1) is 28.6. The monoisotopic (exact) mass is 593 g/mol. The van der Waals surface area contributed by atoms with Crippen LogP contribution in [0.4, 0.5) is 27.7 Å². The topological polar surface area (TPSA) is 120 Å². The van der Waals surface area contributed by atoms with E-state index in [9.17, 15) is 13.9 Å². The molecule has 6 rings (SSSR count). The molecule has 3 aliphatic heterocycles. The smallest absolute Gasteiger partial charge is 0.415 e. The number of benzene rings is 1. The van der Waals surface area contributed by atoms with Crippen molar-refractivity contribution >= 4 is 39.6 Å². The van der Waals surface area contributed by atoms with Gasteiger partial charge in [0.25, 0.3) is 0 Å². The van der Waals surface area contributed by atoms with Gasteiger partial charge in [-0.1, -0.05) is 12.1 Å². The first-order chi connectivity index (χ1) is 20.0. The number of hydrogen-bond acceptors (Lipinski definition) is 9. The number of pyridine rings is 2. The average molecular weight is 594 g/mol. The van der Waals surface area contributed by atoms with Crippen LogP contribution in [0.3, 0.4) is 0 Å². The van der Waals surface area contributed by atoms with Crippen molar-refractivity contribution in [2.24, 2.45) is 0 Å². The molecule has 1 unspecified atom stereocenters. The van der Waals surface area contributed by atoms with Crippen LogP contribution in [0.5, 0.6) is 5.88 Å². The molecule has 224 valence electrons. The summed E-state index contributed by atoms with van der Waals surface area (Å²) in [5.41, 5.74) is 6.20. The molecule has 42 heavy (non-hydrogen) atoms. The molecule has 1 fully saturated rings. The van der Waals surface area contributed by atoms with Crippen molar-refractivity contribution in [2.45, 2.75) is 64.4 Å². The Bertz CT molecular complexity index is 1490. The highest BCUT2D eigenvalue weighted by Gasteiger charge is 2.34. The highest BCUT2D eigenvalue weighted by atomic mass is 32.3. The number of aromatic nitrogens is 2. The average Bonchev–Trinajstić information content (AvgIpc) is 3.31. The molecule has 0 bridgehead atoms. The number of ether oxygens (including phenoxy) is 2. The van der Waals surface area contributed by atoms with Gasteiger partial charge in [0.05, 0.1) is 23.7 Å². The van der Waals surface area contributed by atoms with Gasteiger partial charge in [0.2, 0.25) is 5.88 Å². The Kier molecular flexibility index (Phi) is 7.44. The fourth-order valence-corrected chi connectivity index (χ4v) is 8.00. The van der Waals surface area contributed by atoms with E-state index in [-0.39, 0.29) is 5.25 Å². The van der Waals surface area contributed by atoms with Crippen molar-refractivity contribution in [2.75, 3.05) is 40.6 Å². The van der Waals surface area contributed by atoms with Gasteiger partial charge in [-0.25, -0.2) is 14.8 Å². The second-order valence-electron chi connectivity index (χ2n) is 12.2. The summed E-state index contributed by atoms with van der Waals surface area (Å²) in [5, 5.41) is 3.22. The van der Waals surface area contributed by atoms with Crippen LogP contribution in [-0.4, -0.2) is 56.2 Å². The number of nitrogens with zero attached hydrogens (tertiary/aromatic N) is 4. The largest absolute Gasteiger partial charge is 0.474 e. The van der Waals surface area contributed by atoms with Gasteiger partial charge >= 0.3 is 6.09 Å². The number of fused-ring (bicyclic) bond motifs is 2. The van der Waals surface area contributed by atoms with E-state index in [0.717, 1.165) is 54.1 Å². The van der Waals surface area contributed by atoms with Crippen molar-refractivity contribution in [3.05, 3.63) is 65.0 Å². The molecule has 0 aliphatic carbocycles. The predicted molar refractivity (Wildman–Crippen MR) is 166 cm³/mol. The Morgan fingerprint density at radius 1 is 1.12 bits per heavy atom. The maximum Gasteiger partial charge on any atom is 0.415 e. The summed E-state index contributed by atoms with van der Waals surface area (Å²) in [6.07, 6.45) is 5.87. The van der Waals surface area contributed by atoms with Crippen molar-refractivity contribution in [1.82, 2.24) is 9.97 Å². The van der Waals surface area contributed by atoms with Gasteiger partial charge in [-0.15, -0.1) is 0 Å². The Hall–Kier alpha value is -3.54. The van der Waals surface area contributed by atoms with Gasteiger partial charge in [0, 0.05) is 36.3 Å². The minimum Gasteiger partial charge on any atom is -0.474 e. The zero-order valence-electron chi connectivity index (χ0n) is 24.6. The zero-order valence-corrected chi connectivity index (χ0v) is 25.4. The summed E-state index contributed by atoms with van der Waals surface area (Å²) in [4.78, 5) is 26.2. The lowest BCUT2D eigenvalue weighted by atomic mass is 10.0. The summed E-state index contributed by atoms with van der Waals surface area (Å²) in [5.74, 6) is 1.69. The fraction of sp³-hybridized carbons (Fsp3) is 0.452. The molecule has 0 radical (unpaired) electrons. The van der Waals surface area contributed by atoms with E-state index in [2.05, 4.69) is 26.3 Å². The Morgan fingerprint density at radius 2 is 1.90 bits per heavy atom. The minimum absolute atomic E-state index is 0.177. The van der Waals surface area contributed by atoms with Crippen LogP contribution >= 0.6 is 10.6 Å². The van der Waals surface area contributed by atoms with Crippen LogP contribution in [0.2, 0.25) is 0 Å². The van der Waals surface area contributed by atoms with E-state index in [4.69, 9.17) is 9.47 Å². The van der Waals surface area contributed by atoms with Crippen LogP contribution < -0.4 is 19.9 Å². The van der Waals surface area contributed by atoms with Crippen LogP contribution in [0.15, 0.2) is 42.7 Å². The molecule has 3 N–H and O–H groups in total. The summed E-state index contributed by atoms with van der Waals surface area (Å²) >= 11 is 0. The molecule has 3 aromatic rings. The lowest BCUT2D eigenvalue weighted by Crippen LogP contribution is -2.42. The van der Waals surface area contributed by atoms with Gasteiger partial charge in [0.1, 0.15) is 23.7 Å². The number of carbonyl (C=O) groups excluding carboxylic acids is 1. The van der Waals surface area contributed by atoms with Gasteiger partial charge in [0.15, 0.2) is 0 Å². The van der Waals surface area contributed by atoms with E-state index in [1.807, 2.05) is 64.4 Å². The standard InChI is InChI=1S/C31H39N5O5S/c1-20-25(18-33-29-28(20)36(13-14-40-29)30(37)41-31(2,3)4)35-12-11-22-17-32-27(16-23(22)19-35)34-24-9-7-21(8-10-24)26-6-5-15-42(26,38)39/h7-10,16-18,26,38-39H,5-6,11-15,19H2,1-4H3,(H,32,34). The van der Waals surface area contributed by atoms with Gasteiger partial charge in [-0.3, -0.25) is 14.0 Å². The molecule has 1 aromatic carbocycles. The molecule has 1 atom stereocenters. The van der Waals surface area contributed by atoms with Gasteiger partial charge in [-0.05, 0) is 81.8 Å². The Labute approximate surface area is 248 Å². The van der Waals surface area contributed by atoms with E-state index in [1.165, 1.54) is 11.1 Å². The summed E-state index contributed by atoms with van der Waals surface area (Å²) in [6, 6.07) is 9.97. The fourth-order valence-electron chi connectivity index (χ4n) is 5.98. The van der Waals surface area contributed by atoms with Crippen LogP contribution in [0.25, 0.3) is 0 Å². The van der Waals surface area contributed by atoms with Crippen molar-refractivity contribution < 1.29 is 23.4 Å². The third-order valence-electron chi connectivity index (χ3n) is 8.04. The lowest BCUT2D eigenvalue weighted by Gasteiger charge is -2.35. The van der Waals surface area contributed by atoms with E-state index in [1.54, 1.807) is 4.90 Å². The molecule has 5 heterocycles. The maximum atomic E-state index is 13.1. The molecule has 3 aliphatic rings. The normalized spacial score (nSPS) is 20.3. The summed E-state index contributed by atoms with van der Waals surface area (Å²) in [7, 11) is -2.55. The molecule has 1 saturated heterocycles. The van der Waals surface area contributed by atoms with Crippen LogP contribution in [0, 0.1) is 6.92 Å². The number of nitrogens with one attached hydrogen (secondary N) is 1. The second-order valence-corrected chi connectivity index (χ2v) is 14.6. The summed E-state index contributed by atoms with van der Waals surface area (Å²) in [6.45, 7) is 9.84. The van der Waals surface area contributed by atoms with Gasteiger partial charge < -0.3 is 19.7 Å². The highest BCUT2D eigenvalue weighted by molar-refractivity contribution is 8.24. The third-order valence-corrected chi connectivity index (χ3v) is 10.3. The maximum absolute atomic E-state index is 13.1. The van der Waals surface area contributed by atoms with E-state index in [0.29, 0.717) is 37.0 Å². The van der Waals surface area contributed by atoms with Crippen molar-refractivity contribution in [3.63, 3.8) is 0 Å². The summed E-state index contributed by atoms with van der Waals surface area (Å²) < 4.78 is 32.2. The molecular weight excluding hydrogens is 554 g/mol. The Morgan fingerprint density at radius 3 is 2.62 bits per heavy atom. The van der Waals surface area contributed by atoms with E-state index >= 15 is 0 Å². The predicted octanol–water partition coefficient (Wildman–Crippen LogP) is 6.81. The zero-order chi connectivity index (χ0) is 29.6. The first-order valence-electron chi connectivity index (χ1n) is 14.5. The quantitative estimate of drug-likeness (QED) is 0.300. The molecule has 10 nitrogen and oxygen atoms in total. The number of hydrogen-bond donors (Lipinski definition) is 3. The number of rotatable bonds is 4. The van der Waals surface area contributed by atoms with Crippen LogP contribution in [-0.2, 0) is 17.7 Å². The number of carbonyl (C=O) groups is 1. The Balaban J connectivity index is 1.20. The highest BCUT2D eigenvalue weighted by Crippen LogP contribution is 2.61. The molecule has 0 spiro atoms. The molecule has 11 heteroatoms. The van der Waals surface area contributed by atoms with Crippen molar-refractivity contribution in [3.8, 4) is 5.88 Å². The second kappa shape index (κ2) is 10.9. The first-order valence-corrected chi connectivity index (χ1v) is 16.2. The lowest BCUT2D eigenvalue weighted by molar-refractivity contribution is 0.0566. The van der Waals surface area contributed by atoms with E-state index < -0.39 is 22.3 Å². The SMILES string of the molecule is Cc1c(N2CCc3cnc(Nc4ccc(C5CCCS5(O)O)cc4)cc3C2)cnc2c1N(C(=O)OC(C)(C)C)CCO2. The number of anilines is 4. The third kappa shape index (κ3) is 5.73. The molecule has 2 aromatic heterocycles. The molecule has 1 amide bonds. The molecular formula is C31H39N5O5S.